The summed E-state index contributed by atoms with van der Waals surface area (Å²) in [4.78, 5) is 16.3. The van der Waals surface area contributed by atoms with Gasteiger partial charge in [0.05, 0.1) is 18.8 Å². The smallest absolute Gasteiger partial charge is 0.239 e. The number of ether oxygens (including phenoxy) is 1. The molecule has 1 atom stereocenters. The topological polar surface area (TPSA) is 58.8 Å². The first-order valence-electron chi connectivity index (χ1n) is 7.43. The Labute approximate surface area is 117 Å². The maximum atomic E-state index is 12.1. The molecule has 1 fully saturated rings. The summed E-state index contributed by atoms with van der Waals surface area (Å²) in [6, 6.07) is -0.319. The van der Waals surface area contributed by atoms with Crippen LogP contribution in [0.15, 0.2) is 0 Å². The third kappa shape index (κ3) is 5.89. The van der Waals surface area contributed by atoms with E-state index in [-0.39, 0.29) is 18.1 Å². The van der Waals surface area contributed by atoms with E-state index in [1.807, 2.05) is 18.7 Å². The largest absolute Gasteiger partial charge is 0.377 e. The highest BCUT2D eigenvalue weighted by atomic mass is 16.5. The van der Waals surface area contributed by atoms with Gasteiger partial charge in [-0.3, -0.25) is 9.69 Å². The SMILES string of the molecule is CCCC(N)C(=O)N1CCN(CCOC(C)C)CC1. The number of hydrogen-bond donors (Lipinski definition) is 1. The molecule has 1 amide bonds. The van der Waals surface area contributed by atoms with E-state index in [9.17, 15) is 4.79 Å². The van der Waals surface area contributed by atoms with Crippen LogP contribution in [0.1, 0.15) is 33.6 Å². The van der Waals surface area contributed by atoms with Crippen LogP contribution in [0.25, 0.3) is 0 Å². The number of carbonyl (C=O) groups is 1. The van der Waals surface area contributed by atoms with Gasteiger partial charge in [-0.05, 0) is 20.3 Å². The van der Waals surface area contributed by atoms with E-state index in [2.05, 4.69) is 11.8 Å². The number of piperazine rings is 1. The average molecular weight is 271 g/mol. The fraction of sp³-hybridized carbons (Fsp3) is 0.929. The molecule has 1 heterocycles. The van der Waals surface area contributed by atoms with E-state index in [1.54, 1.807) is 0 Å². The van der Waals surface area contributed by atoms with Crippen molar-refractivity contribution in [3.05, 3.63) is 0 Å². The monoisotopic (exact) mass is 271 g/mol. The molecule has 1 rings (SSSR count). The van der Waals surface area contributed by atoms with E-state index in [0.717, 1.165) is 52.2 Å². The lowest BCUT2D eigenvalue weighted by Crippen LogP contribution is -2.53. The van der Waals surface area contributed by atoms with Gasteiger partial charge >= 0.3 is 0 Å². The predicted molar refractivity (Wildman–Crippen MR) is 77.0 cm³/mol. The van der Waals surface area contributed by atoms with E-state index < -0.39 is 0 Å². The van der Waals surface area contributed by atoms with Crippen molar-refractivity contribution in [1.29, 1.82) is 0 Å². The molecule has 1 saturated heterocycles. The summed E-state index contributed by atoms with van der Waals surface area (Å²) >= 11 is 0. The first-order chi connectivity index (χ1) is 9.04. The minimum atomic E-state index is -0.319. The molecule has 5 nitrogen and oxygen atoms in total. The zero-order valence-corrected chi connectivity index (χ0v) is 12.6. The Morgan fingerprint density at radius 1 is 1.26 bits per heavy atom. The van der Waals surface area contributed by atoms with Gasteiger partial charge in [0.15, 0.2) is 0 Å². The molecule has 5 heteroatoms. The summed E-state index contributed by atoms with van der Waals surface area (Å²) in [6.45, 7) is 11.3. The lowest BCUT2D eigenvalue weighted by Gasteiger charge is -2.35. The molecule has 0 spiro atoms. The van der Waals surface area contributed by atoms with Gasteiger partial charge in [-0.15, -0.1) is 0 Å². The molecule has 0 aromatic carbocycles. The number of amides is 1. The molecule has 0 bridgehead atoms. The van der Waals surface area contributed by atoms with Gasteiger partial charge in [-0.25, -0.2) is 0 Å². The van der Waals surface area contributed by atoms with Gasteiger partial charge in [0.1, 0.15) is 0 Å². The molecule has 112 valence electrons. The minimum Gasteiger partial charge on any atom is -0.377 e. The molecule has 0 aromatic rings. The highest BCUT2D eigenvalue weighted by molar-refractivity contribution is 5.81. The zero-order chi connectivity index (χ0) is 14.3. The van der Waals surface area contributed by atoms with E-state index in [0.29, 0.717) is 0 Å². The zero-order valence-electron chi connectivity index (χ0n) is 12.6. The normalized spacial score (nSPS) is 18.9. The third-order valence-electron chi connectivity index (χ3n) is 3.46. The maximum absolute atomic E-state index is 12.1. The Kier molecular flexibility index (Phi) is 7.34. The van der Waals surface area contributed by atoms with Crippen molar-refractivity contribution in [2.45, 2.75) is 45.8 Å². The van der Waals surface area contributed by atoms with Crippen molar-refractivity contribution in [3.8, 4) is 0 Å². The second kappa shape index (κ2) is 8.51. The van der Waals surface area contributed by atoms with Crippen LogP contribution in [0.5, 0.6) is 0 Å². The molecule has 2 N–H and O–H groups in total. The molecule has 1 aliphatic heterocycles. The first kappa shape index (κ1) is 16.4. The second-order valence-electron chi connectivity index (χ2n) is 5.48. The molecule has 0 aliphatic carbocycles. The number of hydrogen-bond acceptors (Lipinski definition) is 4. The average Bonchev–Trinajstić information content (AvgIpc) is 2.38. The van der Waals surface area contributed by atoms with Crippen LogP contribution in [0.2, 0.25) is 0 Å². The van der Waals surface area contributed by atoms with Crippen molar-refractivity contribution in [2.24, 2.45) is 5.73 Å². The standard InChI is InChI=1S/C14H29N3O2/c1-4-5-13(15)14(18)17-8-6-16(7-9-17)10-11-19-12(2)3/h12-13H,4-11,15H2,1-3H3. The number of nitrogens with zero attached hydrogens (tertiary/aromatic N) is 2. The van der Waals surface area contributed by atoms with Crippen LogP contribution < -0.4 is 5.73 Å². The van der Waals surface area contributed by atoms with Crippen LogP contribution in [0, 0.1) is 0 Å². The highest BCUT2D eigenvalue weighted by Gasteiger charge is 2.24. The Morgan fingerprint density at radius 3 is 2.42 bits per heavy atom. The van der Waals surface area contributed by atoms with E-state index >= 15 is 0 Å². The molecule has 19 heavy (non-hydrogen) atoms. The van der Waals surface area contributed by atoms with E-state index in [4.69, 9.17) is 10.5 Å². The summed E-state index contributed by atoms with van der Waals surface area (Å²) in [7, 11) is 0. The van der Waals surface area contributed by atoms with Gasteiger partial charge in [0.25, 0.3) is 0 Å². The van der Waals surface area contributed by atoms with Crippen LogP contribution in [0.4, 0.5) is 0 Å². The molecule has 0 radical (unpaired) electrons. The quantitative estimate of drug-likeness (QED) is 0.740. The number of carbonyl (C=O) groups excluding carboxylic acids is 1. The number of rotatable bonds is 7. The first-order valence-corrected chi connectivity index (χ1v) is 7.43. The van der Waals surface area contributed by atoms with E-state index in [1.165, 1.54) is 0 Å². The fourth-order valence-corrected chi connectivity index (χ4v) is 2.28. The molecule has 1 unspecified atom stereocenters. The van der Waals surface area contributed by atoms with Gasteiger partial charge in [0.2, 0.25) is 5.91 Å². The van der Waals surface area contributed by atoms with Gasteiger partial charge in [-0.2, -0.15) is 0 Å². The van der Waals surface area contributed by atoms with Crippen molar-refractivity contribution < 1.29 is 9.53 Å². The lowest BCUT2D eigenvalue weighted by atomic mass is 10.1. The highest BCUT2D eigenvalue weighted by Crippen LogP contribution is 2.06. The Bertz CT molecular complexity index is 263. The predicted octanol–water partition coefficient (Wildman–Crippen LogP) is 0.683. The van der Waals surface area contributed by atoms with Gasteiger partial charge in [0, 0.05) is 32.7 Å². The molecule has 0 aromatic heterocycles. The fourth-order valence-electron chi connectivity index (χ4n) is 2.28. The van der Waals surface area contributed by atoms with Crippen molar-refractivity contribution in [3.63, 3.8) is 0 Å². The van der Waals surface area contributed by atoms with Crippen molar-refractivity contribution in [2.75, 3.05) is 39.3 Å². The minimum absolute atomic E-state index is 0.111. The summed E-state index contributed by atoms with van der Waals surface area (Å²) in [6.07, 6.45) is 2.02. The second-order valence-corrected chi connectivity index (χ2v) is 5.48. The van der Waals surface area contributed by atoms with Gasteiger partial charge in [-0.1, -0.05) is 13.3 Å². The molecular weight excluding hydrogens is 242 g/mol. The van der Waals surface area contributed by atoms with Crippen molar-refractivity contribution >= 4 is 5.91 Å². The summed E-state index contributed by atoms with van der Waals surface area (Å²) in [5.41, 5.74) is 5.88. The Hall–Kier alpha value is -0.650. The van der Waals surface area contributed by atoms with Gasteiger partial charge < -0.3 is 15.4 Å². The lowest BCUT2D eigenvalue weighted by molar-refractivity contribution is -0.134. The Morgan fingerprint density at radius 2 is 1.89 bits per heavy atom. The Balaban J connectivity index is 2.23. The summed E-state index contributed by atoms with van der Waals surface area (Å²) in [5.74, 6) is 0.111. The van der Waals surface area contributed by atoms with Crippen LogP contribution in [-0.4, -0.2) is 67.2 Å². The van der Waals surface area contributed by atoms with Crippen LogP contribution in [0.3, 0.4) is 0 Å². The van der Waals surface area contributed by atoms with Crippen LogP contribution >= 0.6 is 0 Å². The summed E-state index contributed by atoms with van der Waals surface area (Å²) in [5, 5.41) is 0. The number of nitrogens with two attached hydrogens (primary N) is 1. The van der Waals surface area contributed by atoms with Crippen LogP contribution in [-0.2, 0) is 9.53 Å². The maximum Gasteiger partial charge on any atom is 0.239 e. The summed E-state index contributed by atoms with van der Waals surface area (Å²) < 4.78 is 5.55. The molecule has 1 aliphatic rings. The third-order valence-corrected chi connectivity index (χ3v) is 3.46. The molecular formula is C14H29N3O2. The van der Waals surface area contributed by atoms with Crippen molar-refractivity contribution in [1.82, 2.24) is 9.80 Å². The molecule has 0 saturated carbocycles.